The second-order valence-electron chi connectivity index (χ2n) is 12.3. The molecular formula is C30H40CuN2O4. The van der Waals surface area contributed by atoms with Crippen molar-refractivity contribution in [2.75, 3.05) is 6.61 Å². The van der Waals surface area contributed by atoms with Crippen molar-refractivity contribution in [2.45, 2.75) is 86.1 Å². The summed E-state index contributed by atoms with van der Waals surface area (Å²) in [6.45, 7) is 20.8. The summed E-state index contributed by atoms with van der Waals surface area (Å²) in [5, 5.41) is 22.2. The van der Waals surface area contributed by atoms with E-state index in [0.717, 1.165) is 29.3 Å². The quantitative estimate of drug-likeness (QED) is 0.391. The van der Waals surface area contributed by atoms with E-state index in [-0.39, 0.29) is 45.1 Å². The van der Waals surface area contributed by atoms with Gasteiger partial charge in [-0.15, -0.1) is 0 Å². The maximum absolute atomic E-state index is 13.3. The number of carboxylic acid groups (broad SMARTS) is 1. The summed E-state index contributed by atoms with van der Waals surface area (Å²) in [7, 11) is 0. The van der Waals surface area contributed by atoms with Crippen LogP contribution in [0.4, 0.5) is 5.69 Å². The summed E-state index contributed by atoms with van der Waals surface area (Å²) >= 11 is 0. The molecule has 0 saturated carbocycles. The van der Waals surface area contributed by atoms with Gasteiger partial charge in [-0.1, -0.05) is 92.3 Å². The van der Waals surface area contributed by atoms with Gasteiger partial charge >= 0.3 is 17.1 Å². The summed E-state index contributed by atoms with van der Waals surface area (Å²) < 4.78 is 5.94. The zero-order chi connectivity index (χ0) is 27.5. The van der Waals surface area contributed by atoms with Gasteiger partial charge in [0.15, 0.2) is 0 Å². The molecule has 37 heavy (non-hydrogen) atoms. The van der Waals surface area contributed by atoms with E-state index in [2.05, 4.69) is 68.4 Å². The zero-order valence-electron chi connectivity index (χ0n) is 23.7. The molecule has 0 aromatic heterocycles. The minimum absolute atomic E-state index is 0. The molecule has 0 spiro atoms. The van der Waals surface area contributed by atoms with Crippen LogP contribution in [0.2, 0.25) is 0 Å². The van der Waals surface area contributed by atoms with Crippen LogP contribution in [0.1, 0.15) is 91.5 Å². The molecule has 2 aromatic carbocycles. The van der Waals surface area contributed by atoms with Crippen molar-refractivity contribution < 1.29 is 36.8 Å². The van der Waals surface area contributed by atoms with Gasteiger partial charge in [0.1, 0.15) is 6.61 Å². The Balaban J connectivity index is 0.00000127. The molecule has 0 amide bonds. The fraction of sp³-hybridized carbons (Fsp3) is 0.500. The second kappa shape index (κ2) is 12.3. The molecule has 7 heteroatoms. The number of ether oxygens (including phenoxy) is 1. The summed E-state index contributed by atoms with van der Waals surface area (Å²) in [5.74, 6) is -0.423. The van der Waals surface area contributed by atoms with Crippen molar-refractivity contribution in [3.63, 3.8) is 0 Å². The average molecular weight is 556 g/mol. The Kier molecular flexibility index (Phi) is 10.7. The number of carboxylic acids is 1. The fourth-order valence-electron chi connectivity index (χ4n) is 3.61. The van der Waals surface area contributed by atoms with Crippen LogP contribution < -0.4 is 10.2 Å². The van der Waals surface area contributed by atoms with Gasteiger partial charge in [-0.05, 0) is 52.0 Å². The third-order valence-electron chi connectivity index (χ3n) is 5.92. The summed E-state index contributed by atoms with van der Waals surface area (Å²) in [6, 6.07) is 12.0. The normalized spacial score (nSPS) is 15.8. The third-order valence-corrected chi connectivity index (χ3v) is 5.92. The monoisotopic (exact) mass is 555 g/mol. The molecule has 1 heterocycles. The number of carbonyl (C=O) groups is 1. The van der Waals surface area contributed by atoms with Gasteiger partial charge in [0, 0.05) is 12.2 Å². The van der Waals surface area contributed by atoms with Crippen LogP contribution in [0.3, 0.4) is 0 Å². The van der Waals surface area contributed by atoms with Crippen molar-refractivity contribution >= 4 is 23.8 Å². The number of hydrogen-bond acceptors (Lipinski definition) is 6. The number of aliphatic imine (C=N–C) groups is 2. The molecule has 2 aromatic rings. The first kappa shape index (κ1) is 32.4. The fourth-order valence-corrected chi connectivity index (χ4v) is 3.61. The summed E-state index contributed by atoms with van der Waals surface area (Å²) in [5.41, 5.74) is 3.89. The molecular weight excluding hydrogens is 516 g/mol. The first-order valence-corrected chi connectivity index (χ1v) is 12.3. The Labute approximate surface area is 232 Å². The molecule has 0 bridgehead atoms. The Morgan fingerprint density at radius 3 is 2.08 bits per heavy atom. The van der Waals surface area contributed by atoms with Crippen LogP contribution in [-0.4, -0.2) is 30.7 Å². The van der Waals surface area contributed by atoms with Crippen LogP contribution >= 0.6 is 0 Å². The summed E-state index contributed by atoms with van der Waals surface area (Å²) in [4.78, 5) is 18.4. The molecule has 0 aliphatic carbocycles. The van der Waals surface area contributed by atoms with Crippen LogP contribution in [0, 0.1) is 5.41 Å². The molecule has 3 rings (SSSR count). The predicted molar refractivity (Wildman–Crippen MR) is 143 cm³/mol. The minimum Gasteiger partial charge on any atom is -0.872 e. The number of carbonyl (C=O) groups excluding carboxylic acids is 1. The van der Waals surface area contributed by atoms with E-state index in [4.69, 9.17) is 24.6 Å². The number of rotatable bonds is 3. The van der Waals surface area contributed by atoms with E-state index >= 15 is 0 Å². The Bertz CT molecular complexity index is 1150. The minimum atomic E-state index is -1.08. The van der Waals surface area contributed by atoms with Crippen molar-refractivity contribution in [3.05, 3.63) is 58.7 Å². The molecule has 0 fully saturated rings. The molecule has 1 aliphatic rings. The Morgan fingerprint density at radius 1 is 1.03 bits per heavy atom. The van der Waals surface area contributed by atoms with Gasteiger partial charge in [0.05, 0.1) is 17.3 Å². The SMILES string of the molecule is CC(=O)[O-].CC(C)(C)c1cc(C=Nc2ccccc2C2=N[C@@H](C(C)(C)C)CO2)c([O-])c(C(C)(C)C)c1.[Cu+2]. The second-order valence-corrected chi connectivity index (χ2v) is 12.3. The van der Waals surface area contributed by atoms with E-state index in [1.807, 2.05) is 30.3 Å². The smallest absolute Gasteiger partial charge is 0.872 e. The van der Waals surface area contributed by atoms with Crippen LogP contribution in [0.15, 0.2) is 46.4 Å². The van der Waals surface area contributed by atoms with Crippen LogP contribution in [-0.2, 0) is 37.4 Å². The number of hydrogen-bond donors (Lipinski definition) is 0. The largest absolute Gasteiger partial charge is 2.00 e. The van der Waals surface area contributed by atoms with Gasteiger partial charge in [0.2, 0.25) is 5.90 Å². The Morgan fingerprint density at radius 2 is 1.59 bits per heavy atom. The molecule has 0 N–H and O–H groups in total. The molecule has 1 aliphatic heterocycles. The van der Waals surface area contributed by atoms with E-state index in [0.29, 0.717) is 18.1 Å². The van der Waals surface area contributed by atoms with E-state index in [1.165, 1.54) is 0 Å². The molecule has 1 radical (unpaired) electrons. The van der Waals surface area contributed by atoms with E-state index in [1.54, 1.807) is 6.21 Å². The number of para-hydroxylation sites is 1. The van der Waals surface area contributed by atoms with E-state index in [9.17, 15) is 5.11 Å². The first-order chi connectivity index (χ1) is 16.4. The predicted octanol–water partition coefficient (Wildman–Crippen LogP) is 5.05. The van der Waals surface area contributed by atoms with Crippen LogP contribution in [0.25, 0.3) is 0 Å². The van der Waals surface area contributed by atoms with Crippen molar-refractivity contribution in [1.82, 2.24) is 0 Å². The van der Waals surface area contributed by atoms with Gasteiger partial charge < -0.3 is 19.7 Å². The van der Waals surface area contributed by atoms with Gasteiger partial charge in [0.25, 0.3) is 0 Å². The molecule has 6 nitrogen and oxygen atoms in total. The summed E-state index contributed by atoms with van der Waals surface area (Å²) in [6.07, 6.45) is 1.70. The number of nitrogens with zero attached hydrogens (tertiary/aromatic N) is 2. The maximum atomic E-state index is 13.3. The molecule has 0 unspecified atom stereocenters. The van der Waals surface area contributed by atoms with Crippen molar-refractivity contribution in [1.29, 1.82) is 0 Å². The Hall–Kier alpha value is -2.63. The molecule has 0 saturated heterocycles. The average Bonchev–Trinajstić information content (AvgIpc) is 3.22. The van der Waals surface area contributed by atoms with Crippen molar-refractivity contribution in [2.24, 2.45) is 15.4 Å². The molecule has 1 atom stereocenters. The zero-order valence-corrected chi connectivity index (χ0v) is 24.6. The van der Waals surface area contributed by atoms with Gasteiger partial charge in [-0.3, -0.25) is 4.99 Å². The topological polar surface area (TPSA) is 97.1 Å². The number of benzene rings is 2. The molecule has 205 valence electrons. The first-order valence-electron chi connectivity index (χ1n) is 12.3. The number of aliphatic carboxylic acids is 1. The third kappa shape index (κ3) is 9.01. The maximum Gasteiger partial charge on any atom is 2.00 e. The van der Waals surface area contributed by atoms with Gasteiger partial charge in [-0.25, -0.2) is 4.99 Å². The standard InChI is InChI=1S/C28H38N2O2.C2H4O2.Cu/c1-26(2,3)19-14-18(24(31)21(15-19)27(4,5)6)16-29-22-13-11-10-12-20(22)25-30-23(17-32-25)28(7,8)9;1-2(3)4;/h10-16,23,31H,17H2,1-9H3;1H3,(H,3,4);/q;;+2/p-2/t23-;;/m1../s1. The van der Waals surface area contributed by atoms with E-state index < -0.39 is 5.97 Å². The van der Waals surface area contributed by atoms with Crippen LogP contribution in [0.5, 0.6) is 5.75 Å². The van der Waals surface area contributed by atoms with Crippen molar-refractivity contribution in [3.8, 4) is 5.75 Å². The van der Waals surface area contributed by atoms with Gasteiger partial charge in [-0.2, -0.15) is 0 Å².